The standard InChI is InChI=1S/C3HCl3O4/c4-1(7)9-3(6)10-2(5)8/h3H. The SMILES string of the molecule is O=C(Cl)OC(Cl)OC(=O)Cl. The molecule has 0 aromatic carbocycles. The van der Waals surface area contributed by atoms with Gasteiger partial charge in [0.1, 0.15) is 0 Å². The largest absolute Gasteiger partial charge is 0.407 e. The fourth-order valence-corrected chi connectivity index (χ4v) is 0.585. The van der Waals surface area contributed by atoms with E-state index in [9.17, 15) is 9.59 Å². The van der Waals surface area contributed by atoms with Gasteiger partial charge in [-0.2, -0.15) is 0 Å². The molecule has 0 saturated heterocycles. The topological polar surface area (TPSA) is 52.6 Å². The first-order chi connectivity index (χ1) is 4.52. The third-order valence-electron chi connectivity index (χ3n) is 0.371. The molecule has 0 aliphatic heterocycles. The van der Waals surface area contributed by atoms with Gasteiger partial charge in [-0.15, -0.1) is 0 Å². The maximum atomic E-state index is 9.86. The summed E-state index contributed by atoms with van der Waals surface area (Å²) < 4.78 is 7.85. The van der Waals surface area contributed by atoms with E-state index in [2.05, 4.69) is 32.7 Å². The summed E-state index contributed by atoms with van der Waals surface area (Å²) >= 11 is 14.4. The lowest BCUT2D eigenvalue weighted by Crippen LogP contribution is -2.12. The highest BCUT2D eigenvalue weighted by molar-refractivity contribution is 6.62. The molecule has 0 atom stereocenters. The van der Waals surface area contributed by atoms with Gasteiger partial charge in [0.2, 0.25) is 0 Å². The summed E-state index contributed by atoms with van der Waals surface area (Å²) in [5, 5.41) is 0. The Hall–Kier alpha value is -0.190. The summed E-state index contributed by atoms with van der Waals surface area (Å²) in [6.45, 7) is 0. The Morgan fingerprint density at radius 2 is 1.40 bits per heavy atom. The van der Waals surface area contributed by atoms with Gasteiger partial charge in [0.25, 0.3) is 0 Å². The second-order valence-electron chi connectivity index (χ2n) is 0.985. The van der Waals surface area contributed by atoms with Crippen LogP contribution in [0, 0.1) is 0 Å². The highest BCUT2D eigenvalue weighted by Gasteiger charge is 2.11. The molecule has 7 heteroatoms. The molecule has 0 rings (SSSR count). The predicted molar refractivity (Wildman–Crippen MR) is 34.3 cm³/mol. The van der Waals surface area contributed by atoms with E-state index in [-0.39, 0.29) is 0 Å². The Morgan fingerprint density at radius 3 is 1.60 bits per heavy atom. The summed E-state index contributed by atoms with van der Waals surface area (Å²) in [5.74, 6) is -1.57. The van der Waals surface area contributed by atoms with E-state index < -0.39 is 16.6 Å². The molecule has 0 aliphatic rings. The first-order valence-corrected chi connectivity index (χ1v) is 3.08. The Kier molecular flexibility index (Phi) is 4.51. The maximum absolute atomic E-state index is 9.86. The molecule has 58 valence electrons. The monoisotopic (exact) mass is 206 g/mol. The number of ether oxygens (including phenoxy) is 2. The van der Waals surface area contributed by atoms with Crippen molar-refractivity contribution in [3.63, 3.8) is 0 Å². The van der Waals surface area contributed by atoms with Crippen LogP contribution in [-0.4, -0.2) is 16.6 Å². The number of halogens is 3. The number of carbonyl (C=O) groups is 2. The Morgan fingerprint density at radius 1 is 1.10 bits per heavy atom. The number of rotatable bonds is 2. The maximum Gasteiger partial charge on any atom is 0.407 e. The van der Waals surface area contributed by atoms with E-state index in [1.807, 2.05) is 0 Å². The molecular weight excluding hydrogens is 206 g/mol. The second kappa shape index (κ2) is 4.60. The smallest absolute Gasteiger partial charge is 0.398 e. The number of hydrogen-bond acceptors (Lipinski definition) is 4. The quantitative estimate of drug-likeness (QED) is 0.396. The van der Waals surface area contributed by atoms with Crippen molar-refractivity contribution in [2.45, 2.75) is 5.75 Å². The van der Waals surface area contributed by atoms with E-state index in [0.29, 0.717) is 0 Å². The van der Waals surface area contributed by atoms with Crippen LogP contribution in [0.4, 0.5) is 9.59 Å². The molecule has 0 fully saturated rings. The third-order valence-corrected chi connectivity index (χ3v) is 0.727. The second-order valence-corrected chi connectivity index (χ2v) is 1.96. The van der Waals surface area contributed by atoms with Gasteiger partial charge in [-0.25, -0.2) is 9.59 Å². The predicted octanol–water partition coefficient (Wildman–Crippen LogP) is 2.26. The van der Waals surface area contributed by atoms with Crippen molar-refractivity contribution in [2.75, 3.05) is 0 Å². The van der Waals surface area contributed by atoms with Gasteiger partial charge in [-0.1, -0.05) is 0 Å². The van der Waals surface area contributed by atoms with Crippen molar-refractivity contribution in [1.82, 2.24) is 0 Å². The Bertz CT molecular complexity index is 131. The van der Waals surface area contributed by atoms with Gasteiger partial charge in [-0.05, 0) is 11.6 Å². The van der Waals surface area contributed by atoms with Crippen LogP contribution < -0.4 is 0 Å². The minimum atomic E-state index is -1.57. The minimum Gasteiger partial charge on any atom is -0.398 e. The zero-order valence-electron chi connectivity index (χ0n) is 4.34. The van der Waals surface area contributed by atoms with Crippen LogP contribution in [0.5, 0.6) is 0 Å². The molecule has 0 N–H and O–H groups in total. The molecule has 0 aliphatic carbocycles. The van der Waals surface area contributed by atoms with E-state index in [1.165, 1.54) is 0 Å². The molecule has 0 heterocycles. The van der Waals surface area contributed by atoms with Crippen molar-refractivity contribution in [1.29, 1.82) is 0 Å². The lowest BCUT2D eigenvalue weighted by atomic mass is 11.3. The third kappa shape index (κ3) is 5.94. The fourth-order valence-electron chi connectivity index (χ4n) is 0.170. The van der Waals surface area contributed by atoms with E-state index in [1.54, 1.807) is 0 Å². The average Bonchev–Trinajstić information content (AvgIpc) is 1.58. The van der Waals surface area contributed by atoms with E-state index >= 15 is 0 Å². The zero-order chi connectivity index (χ0) is 8.15. The van der Waals surface area contributed by atoms with Crippen LogP contribution in [-0.2, 0) is 9.47 Å². The van der Waals surface area contributed by atoms with Crippen LogP contribution in [0.15, 0.2) is 0 Å². The number of alkyl halides is 1. The van der Waals surface area contributed by atoms with Gasteiger partial charge < -0.3 is 9.47 Å². The zero-order valence-corrected chi connectivity index (χ0v) is 6.61. The summed E-state index contributed by atoms with van der Waals surface area (Å²) in [6.07, 6.45) is 0. The van der Waals surface area contributed by atoms with Crippen LogP contribution in [0.1, 0.15) is 0 Å². The van der Waals surface area contributed by atoms with Crippen LogP contribution in [0.25, 0.3) is 0 Å². The van der Waals surface area contributed by atoms with Crippen LogP contribution in [0.3, 0.4) is 0 Å². The van der Waals surface area contributed by atoms with Gasteiger partial charge >= 0.3 is 16.6 Å². The molecule has 0 saturated carbocycles. The minimum absolute atomic E-state index is 1.18. The first-order valence-electron chi connectivity index (χ1n) is 1.88. The molecule has 0 spiro atoms. The summed E-state index contributed by atoms with van der Waals surface area (Å²) in [6, 6.07) is 0. The van der Waals surface area contributed by atoms with Gasteiger partial charge in [0.15, 0.2) is 0 Å². The number of carbonyl (C=O) groups excluding carboxylic acids is 2. The summed E-state index contributed by atoms with van der Waals surface area (Å²) in [4.78, 5) is 19.7. The summed E-state index contributed by atoms with van der Waals surface area (Å²) in [7, 11) is 0. The lowest BCUT2D eigenvalue weighted by Gasteiger charge is -2.05. The molecule has 0 amide bonds. The Labute approximate surface area is 70.9 Å². The number of hydrogen-bond donors (Lipinski definition) is 0. The van der Waals surface area contributed by atoms with Crippen LogP contribution >= 0.6 is 34.8 Å². The molecule has 0 radical (unpaired) electrons. The molecule has 0 aromatic rings. The first kappa shape index (κ1) is 9.81. The van der Waals surface area contributed by atoms with Gasteiger partial charge in [0, 0.05) is 23.2 Å². The molecule has 4 nitrogen and oxygen atoms in total. The highest BCUT2D eigenvalue weighted by atomic mass is 35.5. The normalized spacial score (nSPS) is 9.20. The Balaban J connectivity index is 3.53. The van der Waals surface area contributed by atoms with E-state index in [4.69, 9.17) is 11.6 Å². The van der Waals surface area contributed by atoms with Crippen LogP contribution in [0.2, 0.25) is 0 Å². The molecule has 0 bridgehead atoms. The molecular formula is C3HCl3O4. The van der Waals surface area contributed by atoms with Crippen molar-refractivity contribution >= 4 is 45.7 Å². The van der Waals surface area contributed by atoms with Gasteiger partial charge in [-0.3, -0.25) is 0 Å². The van der Waals surface area contributed by atoms with Crippen molar-refractivity contribution in [3.05, 3.63) is 0 Å². The fraction of sp³-hybridized carbons (Fsp3) is 0.333. The van der Waals surface area contributed by atoms with E-state index in [0.717, 1.165) is 0 Å². The highest BCUT2D eigenvalue weighted by Crippen LogP contribution is 2.05. The average molecular weight is 207 g/mol. The molecule has 10 heavy (non-hydrogen) atoms. The molecule has 0 unspecified atom stereocenters. The van der Waals surface area contributed by atoms with Crippen molar-refractivity contribution < 1.29 is 19.1 Å². The molecule has 0 aromatic heterocycles. The van der Waals surface area contributed by atoms with Gasteiger partial charge in [0.05, 0.1) is 0 Å². The van der Waals surface area contributed by atoms with Crippen molar-refractivity contribution in [2.24, 2.45) is 0 Å². The lowest BCUT2D eigenvalue weighted by molar-refractivity contribution is 0.0149. The van der Waals surface area contributed by atoms with Crippen molar-refractivity contribution in [3.8, 4) is 0 Å². The summed E-state index contributed by atoms with van der Waals surface area (Å²) in [5.41, 5.74) is -2.36.